The van der Waals surface area contributed by atoms with Gasteiger partial charge in [0.05, 0.1) is 7.11 Å². The number of ether oxygens (including phenoxy) is 1. The fraction of sp³-hybridized carbons (Fsp3) is 0.318. The lowest BCUT2D eigenvalue weighted by Crippen LogP contribution is -2.36. The predicted octanol–water partition coefficient (Wildman–Crippen LogP) is 3.59. The third-order valence-electron chi connectivity index (χ3n) is 5.37. The van der Waals surface area contributed by atoms with Crippen molar-refractivity contribution in [1.29, 1.82) is 0 Å². The number of aromatic nitrogens is 2. The molecule has 1 N–H and O–H groups in total. The highest BCUT2D eigenvalue weighted by Gasteiger charge is 2.23. The summed E-state index contributed by atoms with van der Waals surface area (Å²) in [6.07, 6.45) is 7.08. The smallest absolute Gasteiger partial charge is 0.228 e. The molecule has 0 spiro atoms. The average Bonchev–Trinajstić information content (AvgIpc) is 2.73. The predicted molar refractivity (Wildman–Crippen MR) is 110 cm³/mol. The van der Waals surface area contributed by atoms with E-state index in [2.05, 4.69) is 33.3 Å². The second-order valence-corrected chi connectivity index (χ2v) is 7.27. The molecule has 0 unspecified atom stereocenters. The number of pyridine rings is 2. The van der Waals surface area contributed by atoms with Crippen molar-refractivity contribution in [2.75, 3.05) is 32.6 Å². The molecular formula is C22H24N4O2. The lowest BCUT2D eigenvalue weighted by atomic mass is 9.96. The van der Waals surface area contributed by atoms with Crippen LogP contribution in [0.1, 0.15) is 12.8 Å². The van der Waals surface area contributed by atoms with E-state index in [-0.39, 0.29) is 11.8 Å². The van der Waals surface area contributed by atoms with Crippen LogP contribution in [0, 0.1) is 5.92 Å². The molecule has 0 radical (unpaired) electrons. The second kappa shape index (κ2) is 7.94. The van der Waals surface area contributed by atoms with Crippen LogP contribution in [-0.2, 0) is 4.79 Å². The number of amides is 1. The number of benzene rings is 1. The van der Waals surface area contributed by atoms with Gasteiger partial charge >= 0.3 is 0 Å². The van der Waals surface area contributed by atoms with E-state index < -0.39 is 0 Å². The molecular weight excluding hydrogens is 352 g/mol. The molecule has 144 valence electrons. The van der Waals surface area contributed by atoms with Crippen LogP contribution in [0.15, 0.2) is 48.9 Å². The number of carbonyl (C=O) groups is 1. The maximum Gasteiger partial charge on any atom is 0.228 e. The van der Waals surface area contributed by atoms with Gasteiger partial charge in [0.25, 0.3) is 0 Å². The number of piperidine rings is 1. The Morgan fingerprint density at radius 3 is 2.75 bits per heavy atom. The Morgan fingerprint density at radius 2 is 1.96 bits per heavy atom. The molecule has 0 saturated carbocycles. The van der Waals surface area contributed by atoms with E-state index in [0.717, 1.165) is 53.6 Å². The van der Waals surface area contributed by atoms with Crippen molar-refractivity contribution in [1.82, 2.24) is 14.9 Å². The van der Waals surface area contributed by atoms with Gasteiger partial charge in [-0.1, -0.05) is 0 Å². The van der Waals surface area contributed by atoms with Crippen molar-refractivity contribution >= 4 is 22.5 Å². The molecule has 1 aliphatic rings. The number of hydrogen-bond donors (Lipinski definition) is 1. The summed E-state index contributed by atoms with van der Waals surface area (Å²) >= 11 is 0. The van der Waals surface area contributed by atoms with Gasteiger partial charge in [-0.3, -0.25) is 9.78 Å². The maximum atomic E-state index is 12.6. The van der Waals surface area contributed by atoms with Gasteiger partial charge in [0.2, 0.25) is 5.91 Å². The summed E-state index contributed by atoms with van der Waals surface area (Å²) in [5.41, 5.74) is 1.97. The number of methoxy groups -OCH3 is 1. The highest BCUT2D eigenvalue weighted by atomic mass is 16.5. The molecule has 3 heterocycles. The van der Waals surface area contributed by atoms with Crippen LogP contribution in [-0.4, -0.2) is 48.0 Å². The summed E-state index contributed by atoms with van der Waals surface area (Å²) in [4.78, 5) is 23.4. The number of fused-ring (bicyclic) bond motifs is 1. The highest BCUT2D eigenvalue weighted by Crippen LogP contribution is 2.32. The van der Waals surface area contributed by atoms with Gasteiger partial charge in [-0.2, -0.15) is 0 Å². The summed E-state index contributed by atoms with van der Waals surface area (Å²) in [5.74, 6) is 1.47. The second-order valence-electron chi connectivity index (χ2n) is 7.27. The Hall–Kier alpha value is -2.99. The minimum Gasteiger partial charge on any atom is -0.496 e. The van der Waals surface area contributed by atoms with Gasteiger partial charge in [-0.05, 0) is 74.4 Å². The van der Waals surface area contributed by atoms with Crippen molar-refractivity contribution in [2.45, 2.75) is 12.8 Å². The van der Waals surface area contributed by atoms with Crippen LogP contribution in [0.3, 0.4) is 0 Å². The maximum absolute atomic E-state index is 12.6. The fourth-order valence-corrected chi connectivity index (χ4v) is 3.69. The van der Waals surface area contributed by atoms with E-state index in [4.69, 9.17) is 4.74 Å². The minimum absolute atomic E-state index is 0.0495. The fourth-order valence-electron chi connectivity index (χ4n) is 3.69. The summed E-state index contributed by atoms with van der Waals surface area (Å²) < 4.78 is 5.56. The number of carbonyl (C=O) groups excluding carboxylic acids is 1. The average molecular weight is 376 g/mol. The quantitative estimate of drug-likeness (QED) is 0.754. The third-order valence-corrected chi connectivity index (χ3v) is 5.37. The molecule has 0 atom stereocenters. The standard InChI is InChI=1S/C22H24N4O2/c1-26-9-5-15(6-10-26)22(27)25-21-13-16(3-8-24-21)17-11-18-14-23-7-4-19(18)20(12-17)28-2/h3-4,7-8,11-15H,5-6,9-10H2,1-2H3,(H,24,25,27). The Balaban J connectivity index is 1.59. The Bertz CT molecular complexity index is 997. The lowest BCUT2D eigenvalue weighted by Gasteiger charge is -2.27. The normalized spacial score (nSPS) is 15.5. The molecule has 1 saturated heterocycles. The van der Waals surface area contributed by atoms with Crippen LogP contribution >= 0.6 is 0 Å². The first-order valence-electron chi connectivity index (χ1n) is 9.51. The largest absolute Gasteiger partial charge is 0.496 e. The van der Waals surface area contributed by atoms with E-state index in [1.165, 1.54) is 0 Å². The molecule has 0 bridgehead atoms. The molecule has 6 nitrogen and oxygen atoms in total. The summed E-state index contributed by atoms with van der Waals surface area (Å²) in [6, 6.07) is 9.85. The van der Waals surface area contributed by atoms with Crippen molar-refractivity contribution in [3.63, 3.8) is 0 Å². The molecule has 2 aromatic heterocycles. The monoisotopic (exact) mass is 376 g/mol. The minimum atomic E-state index is 0.0495. The lowest BCUT2D eigenvalue weighted by molar-refractivity contribution is -0.121. The van der Waals surface area contributed by atoms with Crippen LogP contribution in [0.4, 0.5) is 5.82 Å². The first-order chi connectivity index (χ1) is 13.6. The van der Waals surface area contributed by atoms with Gasteiger partial charge < -0.3 is 15.0 Å². The zero-order chi connectivity index (χ0) is 19.5. The number of hydrogen-bond acceptors (Lipinski definition) is 5. The molecule has 6 heteroatoms. The zero-order valence-electron chi connectivity index (χ0n) is 16.2. The van der Waals surface area contributed by atoms with E-state index in [1.807, 2.05) is 30.5 Å². The van der Waals surface area contributed by atoms with Crippen molar-refractivity contribution in [2.24, 2.45) is 5.92 Å². The highest BCUT2D eigenvalue weighted by molar-refractivity contribution is 5.94. The number of nitrogens with one attached hydrogen (secondary N) is 1. The Morgan fingerprint density at radius 1 is 1.14 bits per heavy atom. The molecule has 1 aliphatic heterocycles. The molecule has 1 amide bonds. The van der Waals surface area contributed by atoms with E-state index >= 15 is 0 Å². The summed E-state index contributed by atoms with van der Waals surface area (Å²) in [6.45, 7) is 1.91. The summed E-state index contributed by atoms with van der Waals surface area (Å²) in [5, 5.41) is 5.01. The van der Waals surface area contributed by atoms with Crippen molar-refractivity contribution in [3.8, 4) is 16.9 Å². The zero-order valence-corrected chi connectivity index (χ0v) is 16.2. The van der Waals surface area contributed by atoms with Gasteiger partial charge in [0.1, 0.15) is 11.6 Å². The molecule has 1 aromatic carbocycles. The Labute approximate surface area is 164 Å². The van der Waals surface area contributed by atoms with Crippen molar-refractivity contribution < 1.29 is 9.53 Å². The van der Waals surface area contributed by atoms with Crippen molar-refractivity contribution in [3.05, 3.63) is 48.9 Å². The first-order valence-corrected chi connectivity index (χ1v) is 9.51. The van der Waals surface area contributed by atoms with Crippen LogP contribution < -0.4 is 10.1 Å². The first kappa shape index (κ1) is 18.4. The molecule has 0 aliphatic carbocycles. The van der Waals surface area contributed by atoms with Gasteiger partial charge in [-0.15, -0.1) is 0 Å². The molecule has 1 fully saturated rings. The Kier molecular flexibility index (Phi) is 5.21. The van der Waals surface area contributed by atoms with E-state index in [0.29, 0.717) is 5.82 Å². The third kappa shape index (κ3) is 3.82. The number of nitrogens with zero attached hydrogens (tertiary/aromatic N) is 3. The SMILES string of the molecule is COc1cc(-c2ccnc(NC(=O)C3CCN(C)CC3)c2)cc2cnccc12. The van der Waals surface area contributed by atoms with E-state index in [1.54, 1.807) is 19.5 Å². The van der Waals surface area contributed by atoms with E-state index in [9.17, 15) is 4.79 Å². The van der Waals surface area contributed by atoms with Gasteiger partial charge in [-0.25, -0.2) is 4.98 Å². The number of rotatable bonds is 4. The van der Waals surface area contributed by atoms with Crippen LogP contribution in [0.2, 0.25) is 0 Å². The summed E-state index contributed by atoms with van der Waals surface area (Å²) in [7, 11) is 3.76. The molecule has 3 aromatic rings. The van der Waals surface area contributed by atoms with Gasteiger partial charge in [0, 0.05) is 35.3 Å². The number of anilines is 1. The van der Waals surface area contributed by atoms with Crippen LogP contribution in [0.25, 0.3) is 21.9 Å². The molecule has 4 rings (SSSR count). The number of likely N-dealkylation sites (tertiary alicyclic amines) is 1. The topological polar surface area (TPSA) is 67.3 Å². The molecule has 28 heavy (non-hydrogen) atoms. The van der Waals surface area contributed by atoms with Crippen LogP contribution in [0.5, 0.6) is 5.75 Å². The van der Waals surface area contributed by atoms with Gasteiger partial charge in [0.15, 0.2) is 0 Å².